The molecule has 0 aromatic heterocycles. The smallest absolute Gasteiger partial charge is 0.220 e. The van der Waals surface area contributed by atoms with Crippen molar-refractivity contribution in [2.75, 3.05) is 0 Å². The van der Waals surface area contributed by atoms with E-state index in [2.05, 4.69) is 5.32 Å². The quantitative estimate of drug-likeness (QED) is 0.716. The molecule has 1 N–H and O–H groups in total. The van der Waals surface area contributed by atoms with Gasteiger partial charge in [0.2, 0.25) is 5.91 Å². The van der Waals surface area contributed by atoms with Crippen LogP contribution in [0.15, 0.2) is 0 Å². The van der Waals surface area contributed by atoms with Crippen LogP contribution in [-0.4, -0.2) is 23.5 Å². The zero-order chi connectivity index (χ0) is 12.7. The van der Waals surface area contributed by atoms with E-state index in [1.807, 2.05) is 13.8 Å². The lowest BCUT2D eigenvalue weighted by atomic mass is 9.99. The summed E-state index contributed by atoms with van der Waals surface area (Å²) in [6.45, 7) is 6.73. The van der Waals surface area contributed by atoms with E-state index in [0.29, 0.717) is 6.42 Å². The molecule has 0 aliphatic rings. The number of rotatable bonds is 7. The van der Waals surface area contributed by atoms with Crippen molar-refractivity contribution < 1.29 is 14.4 Å². The van der Waals surface area contributed by atoms with Crippen molar-refractivity contribution in [2.24, 2.45) is 5.92 Å². The molecule has 1 amide bonds. The van der Waals surface area contributed by atoms with Gasteiger partial charge in [-0.25, -0.2) is 0 Å². The third-order valence-electron chi connectivity index (χ3n) is 2.51. The number of carbonyl (C=O) groups is 3. The Morgan fingerprint density at radius 3 is 2.06 bits per heavy atom. The van der Waals surface area contributed by atoms with Crippen LogP contribution in [0.25, 0.3) is 0 Å². The predicted octanol–water partition coefficient (Wildman–Crippen LogP) is 1.48. The summed E-state index contributed by atoms with van der Waals surface area (Å²) in [5, 5.41) is 2.78. The molecule has 0 aromatic carbocycles. The van der Waals surface area contributed by atoms with Crippen LogP contribution in [0.5, 0.6) is 0 Å². The third-order valence-corrected chi connectivity index (χ3v) is 2.51. The summed E-state index contributed by atoms with van der Waals surface area (Å²) in [6, 6.07) is -0.0293. The predicted molar refractivity (Wildman–Crippen MR) is 62.0 cm³/mol. The van der Waals surface area contributed by atoms with E-state index in [-0.39, 0.29) is 42.3 Å². The van der Waals surface area contributed by atoms with Crippen LogP contribution in [-0.2, 0) is 14.4 Å². The van der Waals surface area contributed by atoms with Crippen molar-refractivity contribution >= 4 is 17.5 Å². The summed E-state index contributed by atoms with van der Waals surface area (Å²) < 4.78 is 0. The molecule has 2 unspecified atom stereocenters. The Morgan fingerprint density at radius 1 is 1.06 bits per heavy atom. The van der Waals surface area contributed by atoms with Crippen LogP contribution in [0.4, 0.5) is 0 Å². The maximum atomic E-state index is 11.4. The molecule has 0 aliphatic heterocycles. The minimum absolute atomic E-state index is 0.0138. The van der Waals surface area contributed by atoms with Crippen LogP contribution in [0.2, 0.25) is 0 Å². The molecule has 4 nitrogen and oxygen atoms in total. The van der Waals surface area contributed by atoms with Gasteiger partial charge in [-0.3, -0.25) is 9.59 Å². The number of amides is 1. The molecule has 2 atom stereocenters. The van der Waals surface area contributed by atoms with Gasteiger partial charge in [0.05, 0.1) is 0 Å². The Morgan fingerprint density at radius 2 is 1.62 bits per heavy atom. The van der Waals surface area contributed by atoms with Crippen molar-refractivity contribution in [3.8, 4) is 0 Å². The van der Waals surface area contributed by atoms with Gasteiger partial charge in [0, 0.05) is 24.8 Å². The summed E-state index contributed by atoms with van der Waals surface area (Å²) in [4.78, 5) is 33.1. The van der Waals surface area contributed by atoms with E-state index in [4.69, 9.17) is 0 Å². The van der Waals surface area contributed by atoms with Gasteiger partial charge in [-0.2, -0.15) is 0 Å². The molecule has 0 aromatic rings. The summed E-state index contributed by atoms with van der Waals surface area (Å²) in [5.41, 5.74) is 0. The summed E-state index contributed by atoms with van der Waals surface area (Å²) in [7, 11) is 0. The first kappa shape index (κ1) is 14.8. The molecule has 0 heterocycles. The highest BCUT2D eigenvalue weighted by Crippen LogP contribution is 2.07. The van der Waals surface area contributed by atoms with Gasteiger partial charge in [0.1, 0.15) is 11.6 Å². The molecule has 0 saturated heterocycles. The van der Waals surface area contributed by atoms with Gasteiger partial charge < -0.3 is 10.1 Å². The van der Waals surface area contributed by atoms with E-state index in [0.717, 1.165) is 0 Å². The lowest BCUT2D eigenvalue weighted by molar-refractivity contribution is -0.125. The first-order chi connectivity index (χ1) is 7.32. The minimum atomic E-state index is -0.126. The van der Waals surface area contributed by atoms with Gasteiger partial charge in [-0.1, -0.05) is 6.92 Å². The Labute approximate surface area is 96.8 Å². The largest absolute Gasteiger partial charge is 0.354 e. The number of Topliss-reactive ketones (excluding diaryl/α,β-unsaturated/α-hetero) is 2. The van der Waals surface area contributed by atoms with Crippen LogP contribution < -0.4 is 5.32 Å². The molecule has 0 spiro atoms. The highest BCUT2D eigenvalue weighted by molar-refractivity contribution is 5.83. The highest BCUT2D eigenvalue weighted by Gasteiger charge is 2.14. The molecule has 0 rings (SSSR count). The van der Waals surface area contributed by atoms with Gasteiger partial charge in [0.25, 0.3) is 0 Å². The van der Waals surface area contributed by atoms with Crippen molar-refractivity contribution in [3.63, 3.8) is 0 Å². The number of hydrogen-bond acceptors (Lipinski definition) is 3. The topological polar surface area (TPSA) is 63.2 Å². The normalized spacial score (nSPS) is 14.0. The van der Waals surface area contributed by atoms with E-state index < -0.39 is 0 Å². The van der Waals surface area contributed by atoms with Gasteiger partial charge in [0.15, 0.2) is 0 Å². The zero-order valence-corrected chi connectivity index (χ0v) is 10.5. The van der Waals surface area contributed by atoms with Crippen LogP contribution in [0, 0.1) is 5.92 Å². The number of hydrogen-bond donors (Lipinski definition) is 1. The fourth-order valence-corrected chi connectivity index (χ4v) is 1.39. The molecular formula is C12H21NO3. The molecular weight excluding hydrogens is 206 g/mol. The SMILES string of the molecule is CC(=O)CCC(=O)NC(C)CC(C)C(C)=O. The Kier molecular flexibility index (Phi) is 6.61. The molecule has 16 heavy (non-hydrogen) atoms. The van der Waals surface area contributed by atoms with E-state index in [9.17, 15) is 14.4 Å². The van der Waals surface area contributed by atoms with E-state index in [1.54, 1.807) is 6.92 Å². The maximum Gasteiger partial charge on any atom is 0.220 e. The van der Waals surface area contributed by atoms with Crippen molar-refractivity contribution in [3.05, 3.63) is 0 Å². The first-order valence-electron chi connectivity index (χ1n) is 5.62. The highest BCUT2D eigenvalue weighted by atomic mass is 16.2. The minimum Gasteiger partial charge on any atom is -0.354 e. The standard InChI is InChI=1S/C12H21NO3/c1-8(11(4)15)7-9(2)13-12(16)6-5-10(3)14/h8-9H,5-7H2,1-4H3,(H,13,16). The van der Waals surface area contributed by atoms with Crippen LogP contribution in [0.1, 0.15) is 47.0 Å². The maximum absolute atomic E-state index is 11.4. The number of ketones is 2. The number of carbonyl (C=O) groups excluding carboxylic acids is 3. The van der Waals surface area contributed by atoms with E-state index >= 15 is 0 Å². The Balaban J connectivity index is 3.86. The van der Waals surface area contributed by atoms with Gasteiger partial charge in [-0.05, 0) is 27.2 Å². The lowest BCUT2D eigenvalue weighted by Gasteiger charge is -2.16. The second kappa shape index (κ2) is 7.14. The molecule has 4 heteroatoms. The Hall–Kier alpha value is -1.19. The second-order valence-electron chi connectivity index (χ2n) is 4.42. The molecule has 0 saturated carbocycles. The average Bonchev–Trinajstić information content (AvgIpc) is 2.14. The van der Waals surface area contributed by atoms with Crippen LogP contribution >= 0.6 is 0 Å². The zero-order valence-electron chi connectivity index (χ0n) is 10.5. The number of nitrogens with one attached hydrogen (secondary N) is 1. The molecule has 0 aliphatic carbocycles. The van der Waals surface area contributed by atoms with Crippen molar-refractivity contribution in [1.29, 1.82) is 0 Å². The summed E-state index contributed by atoms with van der Waals surface area (Å²) >= 11 is 0. The Bertz CT molecular complexity index is 273. The molecule has 0 bridgehead atoms. The van der Waals surface area contributed by atoms with Gasteiger partial charge >= 0.3 is 0 Å². The van der Waals surface area contributed by atoms with Crippen molar-refractivity contribution in [1.82, 2.24) is 5.32 Å². The average molecular weight is 227 g/mol. The molecule has 0 radical (unpaired) electrons. The third kappa shape index (κ3) is 7.15. The molecule has 92 valence electrons. The first-order valence-corrected chi connectivity index (χ1v) is 5.62. The van der Waals surface area contributed by atoms with Crippen molar-refractivity contribution in [2.45, 2.75) is 53.0 Å². The molecule has 0 fully saturated rings. The fourth-order valence-electron chi connectivity index (χ4n) is 1.39. The summed E-state index contributed by atoms with van der Waals surface area (Å²) in [6.07, 6.45) is 1.15. The lowest BCUT2D eigenvalue weighted by Crippen LogP contribution is -2.34. The monoisotopic (exact) mass is 227 g/mol. The fraction of sp³-hybridized carbons (Fsp3) is 0.750. The van der Waals surface area contributed by atoms with Gasteiger partial charge in [-0.15, -0.1) is 0 Å². The second-order valence-corrected chi connectivity index (χ2v) is 4.42. The van der Waals surface area contributed by atoms with Crippen LogP contribution in [0.3, 0.4) is 0 Å². The summed E-state index contributed by atoms with van der Waals surface area (Å²) in [5.74, 6) is -0.0219. The van der Waals surface area contributed by atoms with E-state index in [1.165, 1.54) is 6.92 Å².